The Morgan fingerprint density at radius 3 is 1.87 bits per heavy atom. The summed E-state index contributed by atoms with van der Waals surface area (Å²) in [5.74, 6) is 2.49. The van der Waals surface area contributed by atoms with Gasteiger partial charge in [0, 0.05) is 12.1 Å². The summed E-state index contributed by atoms with van der Waals surface area (Å²) < 4.78 is 23.1. The highest BCUT2D eigenvalue weighted by atomic mass is 16.5. The minimum absolute atomic E-state index is 0.0447. The van der Waals surface area contributed by atoms with Crippen molar-refractivity contribution < 1.29 is 23.7 Å². The van der Waals surface area contributed by atoms with E-state index in [4.69, 9.17) is 18.9 Å². The van der Waals surface area contributed by atoms with E-state index in [0.717, 1.165) is 28.0 Å². The molecule has 0 aliphatic rings. The molecule has 0 radical (unpaired) electrons. The summed E-state index contributed by atoms with van der Waals surface area (Å²) in [5, 5.41) is 2.99. The van der Waals surface area contributed by atoms with Gasteiger partial charge in [-0.2, -0.15) is 0 Å². The van der Waals surface area contributed by atoms with Gasteiger partial charge in [-0.3, -0.25) is 4.79 Å². The summed E-state index contributed by atoms with van der Waals surface area (Å²) in [6.45, 7) is 1.41. The Morgan fingerprint density at radius 1 is 0.658 bits per heavy atom. The molecule has 4 aromatic carbocycles. The third kappa shape index (κ3) is 7.53. The summed E-state index contributed by atoms with van der Waals surface area (Å²) in [4.78, 5) is 12.5. The molecule has 0 atom stereocenters. The van der Waals surface area contributed by atoms with Crippen molar-refractivity contribution in [3.05, 3.63) is 119 Å². The number of carbonyl (C=O) groups is 1. The second-order valence-electron chi connectivity index (χ2n) is 8.76. The molecule has 0 unspecified atom stereocenters. The zero-order chi connectivity index (χ0) is 26.6. The number of ether oxygens (including phenoxy) is 4. The Labute approximate surface area is 224 Å². The summed E-state index contributed by atoms with van der Waals surface area (Å²) >= 11 is 0. The molecule has 0 spiro atoms. The van der Waals surface area contributed by atoms with Crippen molar-refractivity contribution in [1.29, 1.82) is 0 Å². The predicted molar refractivity (Wildman–Crippen MR) is 148 cm³/mol. The monoisotopic (exact) mass is 511 g/mol. The maximum absolute atomic E-state index is 12.5. The standard InChI is InChI=1S/C32H33NO5/c1-35-31-27(15-18-29(32(31)36-2)38-23-26-11-7-4-8-12-26)19-20-33-30(34)21-24-13-16-28(17-14-24)37-22-25-9-5-3-6-10-25/h3-18H,19-23H2,1-2H3,(H,33,34). The SMILES string of the molecule is COc1c(CCNC(=O)Cc2ccc(OCc3ccccc3)cc2)ccc(OCc2ccccc2)c1OC. The number of methoxy groups -OCH3 is 2. The van der Waals surface area contributed by atoms with Gasteiger partial charge in [-0.1, -0.05) is 78.9 Å². The number of nitrogens with one attached hydrogen (secondary N) is 1. The maximum atomic E-state index is 12.5. The highest BCUT2D eigenvalue weighted by Gasteiger charge is 2.16. The number of hydrogen-bond acceptors (Lipinski definition) is 5. The number of benzene rings is 4. The summed E-state index contributed by atoms with van der Waals surface area (Å²) in [5.41, 5.74) is 4.03. The molecular formula is C32H33NO5. The fraction of sp³-hybridized carbons (Fsp3) is 0.219. The molecule has 0 aromatic heterocycles. The van der Waals surface area contributed by atoms with E-state index in [1.54, 1.807) is 14.2 Å². The van der Waals surface area contributed by atoms with Crippen LogP contribution < -0.4 is 24.3 Å². The molecule has 6 nitrogen and oxygen atoms in total. The van der Waals surface area contributed by atoms with Crippen LogP contribution in [0.1, 0.15) is 22.3 Å². The van der Waals surface area contributed by atoms with Crippen LogP contribution in [0.25, 0.3) is 0 Å². The van der Waals surface area contributed by atoms with Gasteiger partial charge < -0.3 is 24.3 Å². The Hall–Kier alpha value is -4.45. The summed E-state index contributed by atoms with van der Waals surface area (Å²) in [7, 11) is 3.20. The largest absolute Gasteiger partial charge is 0.492 e. The number of hydrogen-bond donors (Lipinski definition) is 1. The van der Waals surface area contributed by atoms with Crippen LogP contribution in [0.4, 0.5) is 0 Å². The zero-order valence-corrected chi connectivity index (χ0v) is 21.8. The van der Waals surface area contributed by atoms with Crippen LogP contribution in [0.15, 0.2) is 97.1 Å². The average Bonchev–Trinajstić information content (AvgIpc) is 2.96. The molecule has 0 aliphatic carbocycles. The molecule has 0 saturated heterocycles. The third-order valence-corrected chi connectivity index (χ3v) is 6.06. The third-order valence-electron chi connectivity index (χ3n) is 6.06. The van der Waals surface area contributed by atoms with Crippen molar-refractivity contribution in [2.45, 2.75) is 26.1 Å². The molecule has 0 fully saturated rings. The van der Waals surface area contributed by atoms with Gasteiger partial charge in [0.15, 0.2) is 11.5 Å². The molecule has 1 amide bonds. The first-order valence-corrected chi connectivity index (χ1v) is 12.6. The van der Waals surface area contributed by atoms with E-state index < -0.39 is 0 Å². The van der Waals surface area contributed by atoms with Crippen LogP contribution in [0.2, 0.25) is 0 Å². The van der Waals surface area contributed by atoms with Gasteiger partial charge in [-0.15, -0.1) is 0 Å². The lowest BCUT2D eigenvalue weighted by molar-refractivity contribution is -0.120. The quantitative estimate of drug-likeness (QED) is 0.247. The Kier molecular flexibility index (Phi) is 9.63. The number of amides is 1. The molecule has 4 aromatic rings. The van der Waals surface area contributed by atoms with E-state index >= 15 is 0 Å². The lowest BCUT2D eigenvalue weighted by atomic mass is 10.1. The van der Waals surface area contributed by atoms with E-state index in [1.807, 2.05) is 97.1 Å². The van der Waals surface area contributed by atoms with E-state index in [-0.39, 0.29) is 5.91 Å². The first kappa shape index (κ1) is 26.6. The highest BCUT2D eigenvalue weighted by Crippen LogP contribution is 2.40. The second kappa shape index (κ2) is 13.7. The fourth-order valence-corrected chi connectivity index (χ4v) is 4.08. The van der Waals surface area contributed by atoms with Crippen molar-refractivity contribution in [2.75, 3.05) is 20.8 Å². The van der Waals surface area contributed by atoms with Gasteiger partial charge in [0.1, 0.15) is 19.0 Å². The van der Waals surface area contributed by atoms with E-state index in [0.29, 0.717) is 49.8 Å². The van der Waals surface area contributed by atoms with Gasteiger partial charge in [0.25, 0.3) is 0 Å². The molecule has 196 valence electrons. The first-order chi connectivity index (χ1) is 18.7. The van der Waals surface area contributed by atoms with Gasteiger partial charge in [0.2, 0.25) is 11.7 Å². The Morgan fingerprint density at radius 2 is 1.26 bits per heavy atom. The van der Waals surface area contributed by atoms with Crippen LogP contribution in [0.5, 0.6) is 23.0 Å². The molecule has 0 bridgehead atoms. The van der Waals surface area contributed by atoms with E-state index in [1.165, 1.54) is 0 Å². The molecule has 6 heteroatoms. The van der Waals surface area contributed by atoms with E-state index in [9.17, 15) is 4.79 Å². The normalized spacial score (nSPS) is 10.5. The maximum Gasteiger partial charge on any atom is 0.224 e. The average molecular weight is 512 g/mol. The van der Waals surface area contributed by atoms with Crippen LogP contribution in [0.3, 0.4) is 0 Å². The number of rotatable bonds is 13. The van der Waals surface area contributed by atoms with Crippen molar-refractivity contribution in [2.24, 2.45) is 0 Å². The molecule has 38 heavy (non-hydrogen) atoms. The van der Waals surface area contributed by atoms with Crippen LogP contribution in [0, 0.1) is 0 Å². The molecule has 0 aliphatic heterocycles. The molecule has 0 heterocycles. The van der Waals surface area contributed by atoms with Crippen molar-refractivity contribution >= 4 is 5.91 Å². The smallest absolute Gasteiger partial charge is 0.224 e. The van der Waals surface area contributed by atoms with Crippen LogP contribution >= 0.6 is 0 Å². The van der Waals surface area contributed by atoms with Gasteiger partial charge in [-0.05, 0) is 41.3 Å². The van der Waals surface area contributed by atoms with Crippen LogP contribution in [-0.2, 0) is 30.8 Å². The lowest BCUT2D eigenvalue weighted by Crippen LogP contribution is -2.27. The second-order valence-corrected chi connectivity index (χ2v) is 8.76. The Balaban J connectivity index is 1.27. The molecular weight excluding hydrogens is 478 g/mol. The van der Waals surface area contributed by atoms with Crippen molar-refractivity contribution in [1.82, 2.24) is 5.32 Å². The van der Waals surface area contributed by atoms with Gasteiger partial charge in [-0.25, -0.2) is 0 Å². The molecule has 4 rings (SSSR count). The van der Waals surface area contributed by atoms with Crippen molar-refractivity contribution in [3.63, 3.8) is 0 Å². The topological polar surface area (TPSA) is 66.0 Å². The highest BCUT2D eigenvalue weighted by molar-refractivity contribution is 5.78. The zero-order valence-electron chi connectivity index (χ0n) is 21.8. The van der Waals surface area contributed by atoms with Gasteiger partial charge >= 0.3 is 0 Å². The van der Waals surface area contributed by atoms with E-state index in [2.05, 4.69) is 5.32 Å². The molecule has 0 saturated carbocycles. The fourth-order valence-electron chi connectivity index (χ4n) is 4.08. The molecule has 1 N–H and O–H groups in total. The Bertz CT molecular complexity index is 1290. The van der Waals surface area contributed by atoms with Crippen molar-refractivity contribution in [3.8, 4) is 23.0 Å². The summed E-state index contributed by atoms with van der Waals surface area (Å²) in [6.07, 6.45) is 0.891. The minimum Gasteiger partial charge on any atom is -0.492 e. The first-order valence-electron chi connectivity index (χ1n) is 12.6. The van der Waals surface area contributed by atoms with Gasteiger partial charge in [0.05, 0.1) is 20.6 Å². The lowest BCUT2D eigenvalue weighted by Gasteiger charge is -2.17. The minimum atomic E-state index is -0.0447. The summed E-state index contributed by atoms with van der Waals surface area (Å²) in [6, 6.07) is 31.4. The van der Waals surface area contributed by atoms with Crippen LogP contribution in [-0.4, -0.2) is 26.7 Å². The number of carbonyl (C=O) groups excluding carboxylic acids is 1. The predicted octanol–water partition coefficient (Wildman–Crippen LogP) is 5.76.